The number of benzene rings is 2. The minimum absolute atomic E-state index is 0.0450. The summed E-state index contributed by atoms with van der Waals surface area (Å²) in [4.78, 5) is 13.3. The second kappa shape index (κ2) is 7.26. The molecular formula is C22H27NO5. The molecule has 2 N–H and O–H groups in total. The van der Waals surface area contributed by atoms with Crippen LogP contribution in [0, 0.1) is 11.3 Å². The van der Waals surface area contributed by atoms with Crippen LogP contribution in [-0.4, -0.2) is 34.2 Å². The van der Waals surface area contributed by atoms with Gasteiger partial charge in [0.1, 0.15) is 5.75 Å². The minimum atomic E-state index is -0.182. The maximum absolute atomic E-state index is 13.3. The molecule has 1 aliphatic rings. The molecule has 0 bridgehead atoms. The number of carbonyl (C=O) groups is 1. The van der Waals surface area contributed by atoms with Gasteiger partial charge in [-0.15, -0.1) is 0 Å². The summed E-state index contributed by atoms with van der Waals surface area (Å²) in [6, 6.07) is 9.13. The lowest BCUT2D eigenvalue weighted by Crippen LogP contribution is -2.08. The molecule has 2 aromatic carbocycles. The molecule has 0 saturated heterocycles. The van der Waals surface area contributed by atoms with Gasteiger partial charge in [-0.25, -0.2) is 0 Å². The fourth-order valence-electron chi connectivity index (χ4n) is 4.10. The number of nitrogen functional groups attached to an aromatic ring is 1. The molecule has 0 amide bonds. The monoisotopic (exact) mass is 385 g/mol. The molecule has 6 heteroatoms. The summed E-state index contributed by atoms with van der Waals surface area (Å²) in [6.07, 6.45) is 0. The highest BCUT2D eigenvalue weighted by Crippen LogP contribution is 2.65. The minimum Gasteiger partial charge on any atom is -0.495 e. The van der Waals surface area contributed by atoms with E-state index < -0.39 is 0 Å². The zero-order chi connectivity index (χ0) is 20.6. The Morgan fingerprint density at radius 1 is 0.893 bits per heavy atom. The second-order valence-corrected chi connectivity index (χ2v) is 7.56. The summed E-state index contributed by atoms with van der Waals surface area (Å²) in [5.41, 5.74) is 8.03. The van der Waals surface area contributed by atoms with E-state index in [0.29, 0.717) is 34.2 Å². The van der Waals surface area contributed by atoms with Crippen LogP contribution in [0.25, 0.3) is 0 Å². The van der Waals surface area contributed by atoms with E-state index in [0.717, 1.165) is 5.56 Å². The molecule has 0 spiro atoms. The van der Waals surface area contributed by atoms with Crippen LogP contribution in [0.15, 0.2) is 30.3 Å². The number of carbonyl (C=O) groups excluding carboxylic acids is 1. The average molecular weight is 385 g/mol. The van der Waals surface area contributed by atoms with Crippen molar-refractivity contribution in [1.82, 2.24) is 0 Å². The fourth-order valence-corrected chi connectivity index (χ4v) is 4.10. The third kappa shape index (κ3) is 3.13. The van der Waals surface area contributed by atoms with Crippen molar-refractivity contribution in [1.29, 1.82) is 0 Å². The Balaban J connectivity index is 1.96. The van der Waals surface area contributed by atoms with Gasteiger partial charge in [0.25, 0.3) is 0 Å². The van der Waals surface area contributed by atoms with Gasteiger partial charge in [0.15, 0.2) is 17.3 Å². The SMILES string of the molecule is COc1ccc(C2C(C(=O)c3cc(OC)c(OC)c(OC)c3)C2(C)C)cc1N. The summed E-state index contributed by atoms with van der Waals surface area (Å²) in [5, 5.41) is 0. The van der Waals surface area contributed by atoms with Crippen molar-refractivity contribution in [2.24, 2.45) is 11.3 Å². The zero-order valence-electron chi connectivity index (χ0n) is 17.2. The molecule has 2 aromatic rings. The van der Waals surface area contributed by atoms with Gasteiger partial charge in [0, 0.05) is 17.4 Å². The van der Waals surface area contributed by atoms with Crippen molar-refractivity contribution in [3.05, 3.63) is 41.5 Å². The number of Topliss-reactive ketones (excluding diaryl/α,β-unsaturated/α-hetero) is 1. The number of ether oxygens (including phenoxy) is 4. The molecule has 0 aliphatic heterocycles. The first-order valence-electron chi connectivity index (χ1n) is 9.07. The maximum atomic E-state index is 13.3. The molecule has 1 fully saturated rings. The first-order valence-corrected chi connectivity index (χ1v) is 9.07. The Bertz CT molecular complexity index is 881. The van der Waals surface area contributed by atoms with Crippen LogP contribution >= 0.6 is 0 Å². The summed E-state index contributed by atoms with van der Waals surface area (Å²) in [6.45, 7) is 4.19. The van der Waals surface area contributed by atoms with E-state index in [4.69, 9.17) is 24.7 Å². The van der Waals surface area contributed by atoms with E-state index in [-0.39, 0.29) is 23.0 Å². The standard InChI is InChI=1S/C22H27NO5/c1-22(2)18(12-7-8-15(25-3)14(23)9-12)19(22)20(24)13-10-16(26-4)21(28-6)17(11-13)27-5/h7-11,18-19H,23H2,1-6H3. The smallest absolute Gasteiger partial charge is 0.203 e. The molecule has 0 radical (unpaired) electrons. The molecule has 150 valence electrons. The Kier molecular flexibility index (Phi) is 5.15. The summed E-state index contributed by atoms with van der Waals surface area (Å²) >= 11 is 0. The number of ketones is 1. The quantitative estimate of drug-likeness (QED) is 0.575. The topological polar surface area (TPSA) is 80.0 Å². The van der Waals surface area contributed by atoms with E-state index in [1.54, 1.807) is 19.2 Å². The van der Waals surface area contributed by atoms with E-state index in [1.807, 2.05) is 18.2 Å². The molecule has 0 aromatic heterocycles. The van der Waals surface area contributed by atoms with E-state index in [2.05, 4.69) is 13.8 Å². The summed E-state index contributed by atoms with van der Waals surface area (Å²) in [7, 11) is 6.20. The van der Waals surface area contributed by atoms with Crippen molar-refractivity contribution in [2.75, 3.05) is 34.2 Å². The third-order valence-corrected chi connectivity index (χ3v) is 5.67. The highest BCUT2D eigenvalue weighted by Gasteiger charge is 2.62. The van der Waals surface area contributed by atoms with E-state index in [9.17, 15) is 4.79 Å². The number of hydrogen-bond donors (Lipinski definition) is 1. The van der Waals surface area contributed by atoms with Crippen LogP contribution in [-0.2, 0) is 0 Å². The predicted molar refractivity (Wildman–Crippen MR) is 108 cm³/mol. The summed E-state index contributed by atoms with van der Waals surface area (Å²) in [5.74, 6) is 1.99. The average Bonchev–Trinajstić information content (AvgIpc) is 3.27. The lowest BCUT2D eigenvalue weighted by atomic mass is 10.0. The normalized spacial score (nSPS) is 19.6. The van der Waals surface area contributed by atoms with Gasteiger partial charge in [0.2, 0.25) is 5.75 Å². The van der Waals surface area contributed by atoms with Gasteiger partial charge >= 0.3 is 0 Å². The largest absolute Gasteiger partial charge is 0.495 e. The number of methoxy groups -OCH3 is 4. The number of hydrogen-bond acceptors (Lipinski definition) is 6. The Labute approximate surface area is 165 Å². The van der Waals surface area contributed by atoms with E-state index in [1.165, 1.54) is 21.3 Å². The van der Waals surface area contributed by atoms with Crippen LogP contribution < -0.4 is 24.7 Å². The lowest BCUT2D eigenvalue weighted by Gasteiger charge is -2.14. The van der Waals surface area contributed by atoms with Gasteiger partial charge < -0.3 is 24.7 Å². The molecule has 2 atom stereocenters. The number of nitrogens with two attached hydrogens (primary N) is 1. The van der Waals surface area contributed by atoms with Gasteiger partial charge in [-0.1, -0.05) is 19.9 Å². The van der Waals surface area contributed by atoms with Gasteiger partial charge in [0.05, 0.1) is 34.1 Å². The van der Waals surface area contributed by atoms with Crippen LogP contribution in [0.4, 0.5) is 5.69 Å². The maximum Gasteiger partial charge on any atom is 0.203 e. The van der Waals surface area contributed by atoms with Crippen molar-refractivity contribution < 1.29 is 23.7 Å². The van der Waals surface area contributed by atoms with Crippen LogP contribution in [0.2, 0.25) is 0 Å². The highest BCUT2D eigenvalue weighted by molar-refractivity contribution is 6.02. The molecule has 1 aliphatic carbocycles. The number of rotatable bonds is 7. The van der Waals surface area contributed by atoms with Crippen molar-refractivity contribution in [3.63, 3.8) is 0 Å². The van der Waals surface area contributed by atoms with Gasteiger partial charge in [-0.3, -0.25) is 4.79 Å². The van der Waals surface area contributed by atoms with E-state index >= 15 is 0 Å². The fraction of sp³-hybridized carbons (Fsp3) is 0.409. The second-order valence-electron chi connectivity index (χ2n) is 7.56. The molecule has 28 heavy (non-hydrogen) atoms. The van der Waals surface area contributed by atoms with Crippen LogP contribution in [0.5, 0.6) is 23.0 Å². The molecule has 1 saturated carbocycles. The van der Waals surface area contributed by atoms with Crippen LogP contribution in [0.1, 0.15) is 35.7 Å². The van der Waals surface area contributed by atoms with Crippen molar-refractivity contribution in [3.8, 4) is 23.0 Å². The first-order chi connectivity index (χ1) is 13.3. The zero-order valence-corrected chi connectivity index (χ0v) is 17.2. The van der Waals surface area contributed by atoms with Gasteiger partial charge in [-0.05, 0) is 35.2 Å². The van der Waals surface area contributed by atoms with Crippen molar-refractivity contribution in [2.45, 2.75) is 19.8 Å². The molecule has 3 rings (SSSR count). The molecule has 6 nitrogen and oxygen atoms in total. The Morgan fingerprint density at radius 3 is 1.93 bits per heavy atom. The molecule has 2 unspecified atom stereocenters. The van der Waals surface area contributed by atoms with Crippen LogP contribution in [0.3, 0.4) is 0 Å². The highest BCUT2D eigenvalue weighted by atomic mass is 16.5. The predicted octanol–water partition coefficient (Wildman–Crippen LogP) is 3.93. The summed E-state index contributed by atoms with van der Waals surface area (Å²) < 4.78 is 21.4. The van der Waals surface area contributed by atoms with Gasteiger partial charge in [-0.2, -0.15) is 0 Å². The first kappa shape index (κ1) is 19.9. The number of anilines is 1. The third-order valence-electron chi connectivity index (χ3n) is 5.67. The van der Waals surface area contributed by atoms with Crippen molar-refractivity contribution >= 4 is 11.5 Å². The Morgan fingerprint density at radius 2 is 1.46 bits per heavy atom. The molecule has 0 heterocycles. The molecular weight excluding hydrogens is 358 g/mol. The Hall–Kier alpha value is -2.89. The lowest BCUT2D eigenvalue weighted by molar-refractivity contribution is 0.0951.